The molecule has 2 heterocycles. The Balaban J connectivity index is 1.78. The number of aromatic nitrogens is 4. The Hall–Kier alpha value is -2.34. The summed E-state index contributed by atoms with van der Waals surface area (Å²) in [5.41, 5.74) is 2.13. The zero-order valence-electron chi connectivity index (χ0n) is 10.9. The van der Waals surface area contributed by atoms with Gasteiger partial charge in [-0.25, -0.2) is 4.98 Å². The second kappa shape index (κ2) is 5.34. The van der Waals surface area contributed by atoms with Gasteiger partial charge in [0.25, 0.3) is 0 Å². The zero-order chi connectivity index (χ0) is 13.9. The number of aryl methyl sites for hydroxylation is 1. The molecule has 0 spiro atoms. The minimum atomic E-state index is -0.0680. The highest BCUT2D eigenvalue weighted by Crippen LogP contribution is 2.12. The van der Waals surface area contributed by atoms with Crippen LogP contribution in [0.1, 0.15) is 21.2 Å². The maximum absolute atomic E-state index is 12.1. The van der Waals surface area contributed by atoms with Crippen molar-refractivity contribution in [3.8, 4) is 5.69 Å². The molecule has 0 saturated carbocycles. The number of hydrogen-bond donors (Lipinski definition) is 0. The Morgan fingerprint density at radius 3 is 2.80 bits per heavy atom. The Labute approximate surface area is 119 Å². The number of carbonyl (C=O) groups is 1. The smallest absolute Gasteiger partial charge is 0.191 e. The molecule has 0 amide bonds. The van der Waals surface area contributed by atoms with E-state index < -0.39 is 0 Å². The van der Waals surface area contributed by atoms with Gasteiger partial charge in [0.2, 0.25) is 0 Å². The van der Waals surface area contributed by atoms with E-state index in [9.17, 15) is 4.79 Å². The standard InChI is InChI=1S/C14H12N4OS/c1-10-9-20-14(16-10)7-13(19)12-8-15-18(17-12)11-5-3-2-4-6-11/h2-6,8-9H,7H2,1H3. The lowest BCUT2D eigenvalue weighted by Gasteiger charge is -1.97. The van der Waals surface area contributed by atoms with Crippen LogP contribution in [0.25, 0.3) is 5.69 Å². The number of rotatable bonds is 4. The number of carbonyl (C=O) groups excluding carboxylic acids is 1. The van der Waals surface area contributed by atoms with Crippen LogP contribution < -0.4 is 0 Å². The largest absolute Gasteiger partial charge is 0.292 e. The molecule has 1 aromatic carbocycles. The zero-order valence-corrected chi connectivity index (χ0v) is 11.7. The van der Waals surface area contributed by atoms with Crippen molar-refractivity contribution in [1.29, 1.82) is 0 Å². The van der Waals surface area contributed by atoms with Crippen LogP contribution in [0.2, 0.25) is 0 Å². The van der Waals surface area contributed by atoms with Crippen LogP contribution in [-0.2, 0) is 6.42 Å². The minimum absolute atomic E-state index is 0.0680. The third-order valence-corrected chi connectivity index (χ3v) is 3.71. The number of para-hydroxylation sites is 1. The second-order valence-electron chi connectivity index (χ2n) is 4.34. The van der Waals surface area contributed by atoms with E-state index in [1.165, 1.54) is 22.3 Å². The van der Waals surface area contributed by atoms with Crippen molar-refractivity contribution in [3.05, 3.63) is 58.3 Å². The summed E-state index contributed by atoms with van der Waals surface area (Å²) in [5.74, 6) is -0.0680. The van der Waals surface area contributed by atoms with Gasteiger partial charge in [0.15, 0.2) is 5.78 Å². The molecule has 100 valence electrons. The fourth-order valence-corrected chi connectivity index (χ4v) is 2.56. The van der Waals surface area contributed by atoms with Gasteiger partial charge in [0.05, 0.1) is 18.3 Å². The molecular weight excluding hydrogens is 272 g/mol. The molecule has 0 aliphatic heterocycles. The molecule has 2 aromatic heterocycles. The molecule has 0 radical (unpaired) electrons. The first-order chi connectivity index (χ1) is 9.72. The van der Waals surface area contributed by atoms with Gasteiger partial charge in [-0.15, -0.1) is 16.4 Å². The molecule has 0 aliphatic carbocycles. The van der Waals surface area contributed by atoms with E-state index in [0.29, 0.717) is 5.69 Å². The van der Waals surface area contributed by atoms with E-state index in [0.717, 1.165) is 16.4 Å². The number of nitrogens with zero attached hydrogens (tertiary/aromatic N) is 4. The monoisotopic (exact) mass is 284 g/mol. The SMILES string of the molecule is Cc1csc(CC(=O)c2cnn(-c3ccccc3)n2)n1. The molecule has 0 unspecified atom stereocenters. The molecule has 20 heavy (non-hydrogen) atoms. The van der Waals surface area contributed by atoms with Crippen LogP contribution >= 0.6 is 11.3 Å². The van der Waals surface area contributed by atoms with Crippen LogP contribution in [0.4, 0.5) is 0 Å². The second-order valence-corrected chi connectivity index (χ2v) is 5.28. The fourth-order valence-electron chi connectivity index (χ4n) is 1.79. The van der Waals surface area contributed by atoms with Gasteiger partial charge in [-0.2, -0.15) is 9.90 Å². The maximum atomic E-state index is 12.1. The van der Waals surface area contributed by atoms with Crippen molar-refractivity contribution >= 4 is 17.1 Å². The highest BCUT2D eigenvalue weighted by atomic mass is 32.1. The first-order valence-corrected chi connectivity index (χ1v) is 7.02. The molecule has 0 saturated heterocycles. The van der Waals surface area contributed by atoms with Gasteiger partial charge in [0.1, 0.15) is 10.7 Å². The van der Waals surface area contributed by atoms with Gasteiger partial charge in [-0.3, -0.25) is 4.79 Å². The Kier molecular flexibility index (Phi) is 3.39. The van der Waals surface area contributed by atoms with Crippen LogP contribution in [0.5, 0.6) is 0 Å². The third-order valence-electron chi connectivity index (χ3n) is 2.74. The molecule has 0 bridgehead atoms. The van der Waals surface area contributed by atoms with E-state index in [4.69, 9.17) is 0 Å². The van der Waals surface area contributed by atoms with Gasteiger partial charge in [0, 0.05) is 11.1 Å². The van der Waals surface area contributed by atoms with Crippen molar-refractivity contribution < 1.29 is 4.79 Å². The molecule has 5 nitrogen and oxygen atoms in total. The Morgan fingerprint density at radius 2 is 2.10 bits per heavy atom. The number of benzene rings is 1. The van der Waals surface area contributed by atoms with Gasteiger partial charge < -0.3 is 0 Å². The normalized spacial score (nSPS) is 10.7. The van der Waals surface area contributed by atoms with Crippen molar-refractivity contribution in [2.24, 2.45) is 0 Å². The summed E-state index contributed by atoms with van der Waals surface area (Å²) in [5, 5.41) is 11.1. The first kappa shape index (κ1) is 12.7. The summed E-state index contributed by atoms with van der Waals surface area (Å²) >= 11 is 1.49. The summed E-state index contributed by atoms with van der Waals surface area (Å²) < 4.78 is 0. The highest BCUT2D eigenvalue weighted by molar-refractivity contribution is 7.09. The Morgan fingerprint density at radius 1 is 1.30 bits per heavy atom. The van der Waals surface area contributed by atoms with Crippen molar-refractivity contribution in [2.45, 2.75) is 13.3 Å². The van der Waals surface area contributed by atoms with Gasteiger partial charge in [-0.05, 0) is 19.1 Å². The molecule has 0 atom stereocenters. The minimum Gasteiger partial charge on any atom is -0.292 e. The van der Waals surface area contributed by atoms with Crippen molar-refractivity contribution in [2.75, 3.05) is 0 Å². The predicted molar refractivity (Wildman–Crippen MR) is 76.2 cm³/mol. The fraction of sp³-hybridized carbons (Fsp3) is 0.143. The summed E-state index contributed by atoms with van der Waals surface area (Å²) in [6.45, 7) is 1.91. The summed E-state index contributed by atoms with van der Waals surface area (Å²) in [6.07, 6.45) is 1.77. The average molecular weight is 284 g/mol. The van der Waals surface area contributed by atoms with E-state index >= 15 is 0 Å². The quantitative estimate of drug-likeness (QED) is 0.690. The maximum Gasteiger partial charge on any atom is 0.191 e. The van der Waals surface area contributed by atoms with Gasteiger partial charge in [-0.1, -0.05) is 18.2 Å². The molecule has 0 fully saturated rings. The summed E-state index contributed by atoms with van der Waals surface area (Å²) in [6, 6.07) is 9.50. The Bertz CT molecular complexity index is 732. The average Bonchev–Trinajstić information content (AvgIpc) is 3.09. The summed E-state index contributed by atoms with van der Waals surface area (Å²) in [4.78, 5) is 17.9. The van der Waals surface area contributed by atoms with Crippen molar-refractivity contribution in [3.63, 3.8) is 0 Å². The molecule has 0 aliphatic rings. The lowest BCUT2D eigenvalue weighted by molar-refractivity contribution is 0.0987. The third kappa shape index (κ3) is 2.65. The van der Waals surface area contributed by atoms with E-state index in [2.05, 4.69) is 15.2 Å². The number of ketones is 1. The number of hydrogen-bond acceptors (Lipinski definition) is 5. The number of thiazole rings is 1. The lowest BCUT2D eigenvalue weighted by Crippen LogP contribution is -2.06. The van der Waals surface area contributed by atoms with E-state index in [-0.39, 0.29) is 12.2 Å². The topological polar surface area (TPSA) is 60.7 Å². The highest BCUT2D eigenvalue weighted by Gasteiger charge is 2.14. The van der Waals surface area contributed by atoms with Gasteiger partial charge >= 0.3 is 0 Å². The number of Topliss-reactive ketones (excluding diaryl/α,β-unsaturated/α-hetero) is 1. The first-order valence-electron chi connectivity index (χ1n) is 6.14. The molecule has 3 aromatic rings. The van der Waals surface area contributed by atoms with E-state index in [1.807, 2.05) is 42.6 Å². The molecule has 3 rings (SSSR count). The molecule has 0 N–H and O–H groups in total. The molecular formula is C14H12N4OS. The predicted octanol–water partition coefficient (Wildman–Crippen LogP) is 2.46. The van der Waals surface area contributed by atoms with Crippen molar-refractivity contribution in [1.82, 2.24) is 20.0 Å². The summed E-state index contributed by atoms with van der Waals surface area (Å²) in [7, 11) is 0. The molecule has 6 heteroatoms. The van der Waals surface area contributed by atoms with E-state index in [1.54, 1.807) is 0 Å². The lowest BCUT2D eigenvalue weighted by atomic mass is 10.2. The van der Waals surface area contributed by atoms with Crippen LogP contribution in [0.3, 0.4) is 0 Å². The van der Waals surface area contributed by atoms with Crippen LogP contribution in [-0.4, -0.2) is 25.8 Å². The van der Waals surface area contributed by atoms with Crippen LogP contribution in [0.15, 0.2) is 41.9 Å². The van der Waals surface area contributed by atoms with Crippen LogP contribution in [0, 0.1) is 6.92 Å².